The first-order chi connectivity index (χ1) is 13.9. The van der Waals surface area contributed by atoms with Gasteiger partial charge in [0, 0.05) is 17.0 Å². The Morgan fingerprint density at radius 3 is 2.03 bits per heavy atom. The Hall–Kier alpha value is -2.68. The molecule has 1 aliphatic carbocycles. The average Bonchev–Trinajstić information content (AvgIpc) is 2.95. The zero-order valence-corrected chi connectivity index (χ0v) is 17.6. The van der Waals surface area contributed by atoms with Crippen LogP contribution < -0.4 is 0 Å². The quantitative estimate of drug-likeness (QED) is 0.317. The van der Waals surface area contributed by atoms with Crippen molar-refractivity contribution in [3.05, 3.63) is 94.2 Å². The predicted molar refractivity (Wildman–Crippen MR) is 120 cm³/mol. The molecule has 4 heteroatoms. The van der Waals surface area contributed by atoms with Gasteiger partial charge in [0.1, 0.15) is 10.3 Å². The Morgan fingerprint density at radius 2 is 1.31 bits per heavy atom. The number of rotatable bonds is 2. The SMILES string of the molecule is CC1(C)c2ccccc2-c2c(-c3ccccc3)cc(-c3nc(Cl)cc(Cl)n3)cc21. The third-order valence-electron chi connectivity index (χ3n) is 5.69. The number of hydrogen-bond acceptors (Lipinski definition) is 2. The molecule has 1 aromatic heterocycles. The summed E-state index contributed by atoms with van der Waals surface area (Å²) < 4.78 is 0. The highest BCUT2D eigenvalue weighted by Crippen LogP contribution is 2.53. The second kappa shape index (κ2) is 6.69. The number of benzene rings is 3. The number of nitrogens with zero attached hydrogens (tertiary/aromatic N) is 2. The summed E-state index contributed by atoms with van der Waals surface area (Å²) >= 11 is 12.3. The fraction of sp³-hybridized carbons (Fsp3) is 0.120. The van der Waals surface area contributed by atoms with E-state index in [1.54, 1.807) is 6.07 Å². The van der Waals surface area contributed by atoms with E-state index in [0.717, 1.165) is 16.7 Å². The number of fused-ring (bicyclic) bond motifs is 3. The second-order valence-corrected chi connectivity index (χ2v) is 8.59. The topological polar surface area (TPSA) is 25.8 Å². The van der Waals surface area contributed by atoms with Crippen LogP contribution in [0.4, 0.5) is 0 Å². The normalized spacial score (nSPS) is 13.8. The van der Waals surface area contributed by atoms with E-state index in [4.69, 9.17) is 23.2 Å². The monoisotopic (exact) mass is 416 g/mol. The minimum absolute atomic E-state index is 0.131. The number of halogens is 2. The van der Waals surface area contributed by atoms with E-state index < -0.39 is 0 Å². The van der Waals surface area contributed by atoms with Crippen molar-refractivity contribution in [3.63, 3.8) is 0 Å². The van der Waals surface area contributed by atoms with Gasteiger partial charge in [-0.15, -0.1) is 0 Å². The van der Waals surface area contributed by atoms with Crippen molar-refractivity contribution in [1.29, 1.82) is 0 Å². The lowest BCUT2D eigenvalue weighted by Crippen LogP contribution is -2.15. The zero-order chi connectivity index (χ0) is 20.2. The molecule has 1 aliphatic rings. The van der Waals surface area contributed by atoms with Gasteiger partial charge in [-0.2, -0.15) is 0 Å². The van der Waals surface area contributed by atoms with Gasteiger partial charge in [-0.3, -0.25) is 0 Å². The van der Waals surface area contributed by atoms with E-state index >= 15 is 0 Å². The number of aromatic nitrogens is 2. The third-order valence-corrected chi connectivity index (χ3v) is 6.08. The summed E-state index contributed by atoms with van der Waals surface area (Å²) in [6.07, 6.45) is 0. The van der Waals surface area contributed by atoms with Gasteiger partial charge in [-0.25, -0.2) is 9.97 Å². The Morgan fingerprint density at radius 1 is 0.655 bits per heavy atom. The summed E-state index contributed by atoms with van der Waals surface area (Å²) in [6.45, 7) is 4.53. The van der Waals surface area contributed by atoms with E-state index in [0.29, 0.717) is 16.1 Å². The van der Waals surface area contributed by atoms with E-state index in [9.17, 15) is 0 Å². The van der Waals surface area contributed by atoms with Crippen LogP contribution in [-0.2, 0) is 5.41 Å². The van der Waals surface area contributed by atoms with Crippen LogP contribution in [0.25, 0.3) is 33.6 Å². The van der Waals surface area contributed by atoms with E-state index in [2.05, 4.69) is 84.5 Å². The first-order valence-electron chi connectivity index (χ1n) is 9.49. The van der Waals surface area contributed by atoms with Gasteiger partial charge < -0.3 is 0 Å². The maximum absolute atomic E-state index is 6.17. The zero-order valence-electron chi connectivity index (χ0n) is 16.1. The van der Waals surface area contributed by atoms with Crippen molar-refractivity contribution < 1.29 is 0 Å². The Kier molecular flexibility index (Phi) is 4.23. The molecule has 142 valence electrons. The highest BCUT2D eigenvalue weighted by molar-refractivity contribution is 6.33. The molecule has 0 N–H and O–H groups in total. The van der Waals surface area contributed by atoms with E-state index in [-0.39, 0.29) is 5.41 Å². The molecular weight excluding hydrogens is 399 g/mol. The van der Waals surface area contributed by atoms with E-state index in [1.807, 2.05) is 6.07 Å². The molecule has 0 radical (unpaired) electrons. The Balaban J connectivity index is 1.86. The third kappa shape index (κ3) is 2.95. The smallest absolute Gasteiger partial charge is 0.162 e. The minimum atomic E-state index is -0.131. The molecule has 0 unspecified atom stereocenters. The van der Waals surface area contributed by atoms with Gasteiger partial charge in [0.25, 0.3) is 0 Å². The Bertz CT molecular complexity index is 1230. The lowest BCUT2D eigenvalue weighted by Gasteiger charge is -2.22. The molecule has 4 aromatic rings. The highest BCUT2D eigenvalue weighted by Gasteiger charge is 2.37. The fourth-order valence-electron chi connectivity index (χ4n) is 4.31. The standard InChI is InChI=1S/C25H18Cl2N2/c1-25(2)19-11-7-6-10-17(19)23-18(15-8-4-3-5-9-15)12-16(13-20(23)25)24-28-21(26)14-22(27)29-24/h3-14H,1-2H3. The van der Waals surface area contributed by atoms with Gasteiger partial charge >= 0.3 is 0 Å². The summed E-state index contributed by atoms with van der Waals surface area (Å²) in [4.78, 5) is 8.86. The molecule has 1 heterocycles. The summed E-state index contributed by atoms with van der Waals surface area (Å²) in [7, 11) is 0. The molecule has 3 aromatic carbocycles. The van der Waals surface area contributed by atoms with Crippen molar-refractivity contribution in [2.75, 3.05) is 0 Å². The largest absolute Gasteiger partial charge is 0.216 e. The van der Waals surface area contributed by atoms with Gasteiger partial charge in [0.2, 0.25) is 0 Å². The van der Waals surface area contributed by atoms with Crippen molar-refractivity contribution in [2.45, 2.75) is 19.3 Å². The van der Waals surface area contributed by atoms with Gasteiger partial charge in [-0.1, -0.05) is 91.6 Å². The summed E-state index contributed by atoms with van der Waals surface area (Å²) in [5.74, 6) is 0.536. The van der Waals surface area contributed by atoms with Crippen molar-refractivity contribution in [3.8, 4) is 33.6 Å². The minimum Gasteiger partial charge on any atom is -0.216 e. The molecule has 0 fully saturated rings. The van der Waals surface area contributed by atoms with Crippen LogP contribution in [0.1, 0.15) is 25.0 Å². The van der Waals surface area contributed by atoms with Crippen LogP contribution in [0.15, 0.2) is 72.8 Å². The molecule has 0 atom stereocenters. The second-order valence-electron chi connectivity index (χ2n) is 7.82. The molecule has 2 nitrogen and oxygen atoms in total. The molecule has 0 aliphatic heterocycles. The van der Waals surface area contributed by atoms with Crippen LogP contribution in [0, 0.1) is 0 Å². The predicted octanol–water partition coefficient (Wildman–Crippen LogP) is 7.42. The van der Waals surface area contributed by atoms with Crippen LogP contribution in [0.5, 0.6) is 0 Å². The summed E-state index contributed by atoms with van der Waals surface area (Å²) in [6, 6.07) is 25.0. The maximum atomic E-state index is 6.17. The van der Waals surface area contributed by atoms with Gasteiger partial charge in [-0.05, 0) is 45.5 Å². The highest BCUT2D eigenvalue weighted by atomic mass is 35.5. The lowest BCUT2D eigenvalue weighted by atomic mass is 9.81. The molecule has 0 saturated carbocycles. The molecule has 0 amide bonds. The average molecular weight is 417 g/mol. The van der Waals surface area contributed by atoms with E-state index in [1.165, 1.54) is 22.3 Å². The van der Waals surface area contributed by atoms with Crippen LogP contribution in [0.2, 0.25) is 10.3 Å². The van der Waals surface area contributed by atoms with Crippen molar-refractivity contribution >= 4 is 23.2 Å². The van der Waals surface area contributed by atoms with Crippen molar-refractivity contribution in [2.24, 2.45) is 0 Å². The fourth-order valence-corrected chi connectivity index (χ4v) is 4.73. The first kappa shape index (κ1) is 18.4. The molecular formula is C25H18Cl2N2. The van der Waals surface area contributed by atoms with Crippen molar-refractivity contribution in [1.82, 2.24) is 9.97 Å². The van der Waals surface area contributed by atoms with Gasteiger partial charge in [0.05, 0.1) is 0 Å². The molecule has 29 heavy (non-hydrogen) atoms. The maximum Gasteiger partial charge on any atom is 0.162 e. The van der Waals surface area contributed by atoms with Crippen LogP contribution >= 0.6 is 23.2 Å². The Labute approximate surface area is 180 Å². The van der Waals surface area contributed by atoms with Crippen LogP contribution in [-0.4, -0.2) is 9.97 Å². The molecule has 0 spiro atoms. The molecule has 5 rings (SSSR count). The summed E-state index contributed by atoms with van der Waals surface area (Å²) in [5, 5.41) is 0.675. The lowest BCUT2D eigenvalue weighted by molar-refractivity contribution is 0.660. The first-order valence-corrected chi connectivity index (χ1v) is 10.2. The van der Waals surface area contributed by atoms with Crippen LogP contribution in [0.3, 0.4) is 0 Å². The summed E-state index contributed by atoms with van der Waals surface area (Å²) in [5.41, 5.74) is 8.24. The van der Waals surface area contributed by atoms with Gasteiger partial charge in [0.15, 0.2) is 5.82 Å². The molecule has 0 saturated heterocycles. The number of hydrogen-bond donors (Lipinski definition) is 0. The molecule has 0 bridgehead atoms.